The lowest BCUT2D eigenvalue weighted by Crippen LogP contribution is -2.39. The number of nitrogens with zero attached hydrogens (tertiary/aromatic N) is 2. The second-order valence-electron chi connectivity index (χ2n) is 6.26. The Morgan fingerprint density at radius 2 is 2.12 bits per heavy atom. The number of urea groups is 1. The Hall–Kier alpha value is -2.83. The summed E-state index contributed by atoms with van der Waals surface area (Å²) in [5.74, 6) is -0.745. The molecule has 2 N–H and O–H groups in total. The van der Waals surface area contributed by atoms with Crippen LogP contribution in [0, 0.1) is 12.8 Å². The number of aromatic nitrogens is 1. The van der Waals surface area contributed by atoms with E-state index in [0.717, 1.165) is 11.3 Å². The van der Waals surface area contributed by atoms with Crippen molar-refractivity contribution in [1.29, 1.82) is 0 Å². The Bertz CT molecular complexity index is 754. The molecule has 1 saturated heterocycles. The van der Waals surface area contributed by atoms with E-state index in [1.807, 2.05) is 31.2 Å². The number of aliphatic carboxylic acids is 1. The molecule has 2 heterocycles. The molecule has 0 saturated carbocycles. The molecule has 25 heavy (non-hydrogen) atoms. The standard InChI is InChI=1S/C18H21N3O4/c1-12-2-4-13(5-3-12)16-20-15(11-25-16)6-8-19-18(24)21-9-7-14(10-21)17(22)23/h2-5,11,14H,6-10H2,1H3,(H,19,24)(H,22,23). The third-order valence-corrected chi connectivity index (χ3v) is 4.33. The SMILES string of the molecule is Cc1ccc(-c2nc(CCNC(=O)N3CCC(C(=O)O)C3)co2)cc1. The number of aryl methyl sites for hydroxylation is 1. The van der Waals surface area contributed by atoms with Gasteiger partial charge in [-0.3, -0.25) is 4.79 Å². The lowest BCUT2D eigenvalue weighted by Gasteiger charge is -2.16. The van der Waals surface area contributed by atoms with Crippen molar-refractivity contribution < 1.29 is 19.1 Å². The lowest BCUT2D eigenvalue weighted by atomic mass is 10.1. The number of carboxylic acids is 1. The van der Waals surface area contributed by atoms with Crippen LogP contribution in [-0.4, -0.2) is 46.6 Å². The van der Waals surface area contributed by atoms with Crippen LogP contribution in [0.15, 0.2) is 34.9 Å². The first-order chi connectivity index (χ1) is 12.0. The van der Waals surface area contributed by atoms with Crippen LogP contribution in [0.4, 0.5) is 4.79 Å². The van der Waals surface area contributed by atoms with E-state index >= 15 is 0 Å². The zero-order valence-electron chi connectivity index (χ0n) is 14.1. The molecular weight excluding hydrogens is 322 g/mol. The lowest BCUT2D eigenvalue weighted by molar-refractivity contribution is -0.141. The van der Waals surface area contributed by atoms with Gasteiger partial charge in [0.05, 0.1) is 11.6 Å². The zero-order chi connectivity index (χ0) is 17.8. The van der Waals surface area contributed by atoms with Gasteiger partial charge in [0.25, 0.3) is 0 Å². The summed E-state index contributed by atoms with van der Waals surface area (Å²) in [6.07, 6.45) is 2.65. The van der Waals surface area contributed by atoms with Gasteiger partial charge < -0.3 is 19.7 Å². The van der Waals surface area contributed by atoms with Crippen molar-refractivity contribution in [3.8, 4) is 11.5 Å². The average molecular weight is 343 g/mol. The molecule has 1 aromatic heterocycles. The normalized spacial score (nSPS) is 16.8. The molecular formula is C18H21N3O4. The van der Waals surface area contributed by atoms with E-state index in [-0.39, 0.29) is 12.6 Å². The summed E-state index contributed by atoms with van der Waals surface area (Å²) < 4.78 is 5.49. The highest BCUT2D eigenvalue weighted by Gasteiger charge is 2.30. The third-order valence-electron chi connectivity index (χ3n) is 4.33. The maximum absolute atomic E-state index is 12.0. The topological polar surface area (TPSA) is 95.7 Å². The van der Waals surface area contributed by atoms with Gasteiger partial charge in [0, 0.05) is 31.6 Å². The molecule has 1 aliphatic rings. The maximum atomic E-state index is 12.0. The molecule has 0 bridgehead atoms. The zero-order valence-corrected chi connectivity index (χ0v) is 14.1. The summed E-state index contributed by atoms with van der Waals surface area (Å²) in [5.41, 5.74) is 2.85. The van der Waals surface area contributed by atoms with E-state index in [4.69, 9.17) is 9.52 Å². The smallest absolute Gasteiger partial charge is 0.317 e. The van der Waals surface area contributed by atoms with Gasteiger partial charge in [-0.15, -0.1) is 0 Å². The number of hydrogen-bond acceptors (Lipinski definition) is 4. The van der Waals surface area contributed by atoms with Crippen LogP contribution < -0.4 is 5.32 Å². The number of likely N-dealkylation sites (tertiary alicyclic amines) is 1. The number of carbonyl (C=O) groups excluding carboxylic acids is 1. The highest BCUT2D eigenvalue weighted by Crippen LogP contribution is 2.19. The Labute approximate surface area is 145 Å². The molecule has 1 fully saturated rings. The number of carbonyl (C=O) groups is 2. The van der Waals surface area contributed by atoms with Crippen molar-refractivity contribution in [2.75, 3.05) is 19.6 Å². The van der Waals surface area contributed by atoms with Crippen LogP contribution in [-0.2, 0) is 11.2 Å². The van der Waals surface area contributed by atoms with Gasteiger partial charge >= 0.3 is 12.0 Å². The van der Waals surface area contributed by atoms with E-state index in [9.17, 15) is 9.59 Å². The van der Waals surface area contributed by atoms with Crippen molar-refractivity contribution in [3.05, 3.63) is 41.8 Å². The number of nitrogens with one attached hydrogen (secondary N) is 1. The third kappa shape index (κ3) is 4.17. The maximum Gasteiger partial charge on any atom is 0.317 e. The summed E-state index contributed by atoms with van der Waals surface area (Å²) in [6.45, 7) is 3.19. The van der Waals surface area contributed by atoms with Gasteiger partial charge in [-0.25, -0.2) is 9.78 Å². The molecule has 0 spiro atoms. The summed E-state index contributed by atoms with van der Waals surface area (Å²) in [6, 6.07) is 7.68. The van der Waals surface area contributed by atoms with Gasteiger partial charge in [-0.05, 0) is 25.5 Å². The van der Waals surface area contributed by atoms with E-state index in [1.54, 1.807) is 11.2 Å². The van der Waals surface area contributed by atoms with Crippen molar-refractivity contribution in [2.24, 2.45) is 5.92 Å². The quantitative estimate of drug-likeness (QED) is 0.868. The number of amides is 2. The van der Waals surface area contributed by atoms with E-state index < -0.39 is 11.9 Å². The van der Waals surface area contributed by atoms with Crippen LogP contribution in [0.5, 0.6) is 0 Å². The second-order valence-corrected chi connectivity index (χ2v) is 6.26. The Balaban J connectivity index is 1.47. The molecule has 7 nitrogen and oxygen atoms in total. The van der Waals surface area contributed by atoms with Gasteiger partial charge in [-0.1, -0.05) is 17.7 Å². The predicted molar refractivity (Wildman–Crippen MR) is 91.1 cm³/mol. The van der Waals surface area contributed by atoms with E-state index in [0.29, 0.717) is 31.8 Å². The molecule has 1 aliphatic heterocycles. The molecule has 3 rings (SSSR count). The van der Waals surface area contributed by atoms with Gasteiger partial charge in [0.15, 0.2) is 0 Å². The van der Waals surface area contributed by atoms with Crippen molar-refractivity contribution in [1.82, 2.24) is 15.2 Å². The largest absolute Gasteiger partial charge is 0.481 e. The van der Waals surface area contributed by atoms with Crippen molar-refractivity contribution in [3.63, 3.8) is 0 Å². The Morgan fingerprint density at radius 1 is 1.36 bits per heavy atom. The second kappa shape index (κ2) is 7.38. The van der Waals surface area contributed by atoms with E-state index in [1.165, 1.54) is 5.56 Å². The molecule has 2 aromatic rings. The Morgan fingerprint density at radius 3 is 2.80 bits per heavy atom. The number of benzene rings is 1. The monoisotopic (exact) mass is 343 g/mol. The fourth-order valence-electron chi connectivity index (χ4n) is 2.81. The fourth-order valence-corrected chi connectivity index (χ4v) is 2.81. The van der Waals surface area contributed by atoms with Crippen molar-refractivity contribution in [2.45, 2.75) is 19.8 Å². The highest BCUT2D eigenvalue weighted by molar-refractivity contribution is 5.77. The van der Waals surface area contributed by atoms with Gasteiger partial charge in [0.1, 0.15) is 6.26 Å². The van der Waals surface area contributed by atoms with Crippen molar-refractivity contribution >= 4 is 12.0 Å². The predicted octanol–water partition coefficient (Wildman–Crippen LogP) is 2.31. The minimum absolute atomic E-state index is 0.231. The minimum Gasteiger partial charge on any atom is -0.481 e. The number of oxazole rings is 1. The summed E-state index contributed by atoms with van der Waals surface area (Å²) >= 11 is 0. The molecule has 2 amide bonds. The molecule has 1 atom stereocenters. The van der Waals surface area contributed by atoms with Crippen LogP contribution in [0.2, 0.25) is 0 Å². The molecule has 132 valence electrons. The number of rotatable bonds is 5. The average Bonchev–Trinajstić information content (AvgIpc) is 3.25. The number of carboxylic acid groups (broad SMARTS) is 1. The molecule has 1 aromatic carbocycles. The summed E-state index contributed by atoms with van der Waals surface area (Å²) in [5, 5.41) is 11.8. The van der Waals surface area contributed by atoms with Gasteiger partial charge in [0.2, 0.25) is 5.89 Å². The number of hydrogen-bond donors (Lipinski definition) is 2. The molecule has 0 radical (unpaired) electrons. The van der Waals surface area contributed by atoms with E-state index in [2.05, 4.69) is 10.3 Å². The summed E-state index contributed by atoms with van der Waals surface area (Å²) in [7, 11) is 0. The first-order valence-electron chi connectivity index (χ1n) is 8.30. The minimum atomic E-state index is -0.846. The first kappa shape index (κ1) is 17.0. The molecule has 7 heteroatoms. The van der Waals surface area contributed by atoms with Crippen LogP contribution >= 0.6 is 0 Å². The van der Waals surface area contributed by atoms with Gasteiger partial charge in [-0.2, -0.15) is 0 Å². The molecule has 0 aliphatic carbocycles. The Kier molecular flexibility index (Phi) is 5.02. The van der Waals surface area contributed by atoms with Crippen LogP contribution in [0.25, 0.3) is 11.5 Å². The van der Waals surface area contributed by atoms with Crippen LogP contribution in [0.3, 0.4) is 0 Å². The summed E-state index contributed by atoms with van der Waals surface area (Å²) in [4.78, 5) is 28.9. The highest BCUT2D eigenvalue weighted by atomic mass is 16.4. The fraction of sp³-hybridized carbons (Fsp3) is 0.389. The first-order valence-corrected chi connectivity index (χ1v) is 8.30. The van der Waals surface area contributed by atoms with Crippen LogP contribution in [0.1, 0.15) is 17.7 Å². The molecule has 1 unspecified atom stereocenters.